The monoisotopic (exact) mass is 400 g/mol. The molecule has 0 aliphatic heterocycles. The van der Waals surface area contributed by atoms with E-state index in [9.17, 15) is 13.2 Å². The van der Waals surface area contributed by atoms with Crippen LogP contribution in [0.25, 0.3) is 16.7 Å². The predicted molar refractivity (Wildman–Crippen MR) is 105 cm³/mol. The Morgan fingerprint density at radius 3 is 2.61 bits per heavy atom. The van der Waals surface area contributed by atoms with Crippen molar-refractivity contribution >= 4 is 26.7 Å². The fraction of sp³-hybridized carbons (Fsp3) is 0.278. The SMILES string of the molecule is CCn1c(Cn2nc3ccccn3c2=O)nc2cc(S(=O)(=O)N(C)C)ccc21. The fourth-order valence-corrected chi connectivity index (χ4v) is 4.13. The Morgan fingerprint density at radius 2 is 1.93 bits per heavy atom. The number of benzene rings is 1. The van der Waals surface area contributed by atoms with Crippen molar-refractivity contribution in [2.24, 2.45) is 0 Å². The van der Waals surface area contributed by atoms with E-state index in [-0.39, 0.29) is 17.1 Å². The van der Waals surface area contributed by atoms with Crippen molar-refractivity contribution in [3.05, 3.63) is 58.9 Å². The Hall–Kier alpha value is -2.98. The van der Waals surface area contributed by atoms with Crippen LogP contribution in [-0.2, 0) is 23.1 Å². The summed E-state index contributed by atoms with van der Waals surface area (Å²) in [7, 11) is -0.565. The van der Waals surface area contributed by atoms with Crippen molar-refractivity contribution in [2.75, 3.05) is 14.1 Å². The van der Waals surface area contributed by atoms with Gasteiger partial charge in [-0.15, -0.1) is 5.10 Å². The molecular weight excluding hydrogens is 380 g/mol. The second kappa shape index (κ2) is 6.57. The molecule has 0 saturated carbocycles. The van der Waals surface area contributed by atoms with Crippen LogP contribution in [0.3, 0.4) is 0 Å². The van der Waals surface area contributed by atoms with Crippen molar-refractivity contribution in [2.45, 2.75) is 24.9 Å². The average molecular weight is 400 g/mol. The number of pyridine rings is 1. The van der Waals surface area contributed by atoms with Crippen LogP contribution >= 0.6 is 0 Å². The maximum atomic E-state index is 12.5. The fourth-order valence-electron chi connectivity index (χ4n) is 3.21. The lowest BCUT2D eigenvalue weighted by Gasteiger charge is -2.11. The summed E-state index contributed by atoms with van der Waals surface area (Å²) in [6.45, 7) is 2.80. The summed E-state index contributed by atoms with van der Waals surface area (Å²) in [6, 6.07) is 10.2. The minimum absolute atomic E-state index is 0.183. The summed E-state index contributed by atoms with van der Waals surface area (Å²) in [5.74, 6) is 0.641. The van der Waals surface area contributed by atoms with Gasteiger partial charge in [0.25, 0.3) is 0 Å². The zero-order valence-electron chi connectivity index (χ0n) is 15.8. The number of hydrogen-bond acceptors (Lipinski definition) is 5. The van der Waals surface area contributed by atoms with Crippen molar-refractivity contribution in [1.29, 1.82) is 0 Å². The highest BCUT2D eigenvalue weighted by Gasteiger charge is 2.20. The lowest BCUT2D eigenvalue weighted by molar-refractivity contribution is 0.521. The highest BCUT2D eigenvalue weighted by molar-refractivity contribution is 7.89. The molecule has 0 unspecified atom stereocenters. The molecule has 3 heterocycles. The van der Waals surface area contributed by atoms with Crippen molar-refractivity contribution in [3.8, 4) is 0 Å². The van der Waals surface area contributed by atoms with Crippen molar-refractivity contribution in [1.82, 2.24) is 28.0 Å². The minimum atomic E-state index is -3.55. The van der Waals surface area contributed by atoms with Gasteiger partial charge in [0.05, 0.1) is 15.9 Å². The Kier molecular flexibility index (Phi) is 4.31. The average Bonchev–Trinajstić information content (AvgIpc) is 3.18. The van der Waals surface area contributed by atoms with E-state index in [2.05, 4.69) is 10.1 Å². The van der Waals surface area contributed by atoms with E-state index in [1.165, 1.54) is 27.5 Å². The first kappa shape index (κ1) is 18.4. The van der Waals surface area contributed by atoms with Gasteiger partial charge in [0.1, 0.15) is 12.4 Å². The molecule has 146 valence electrons. The molecule has 0 amide bonds. The molecule has 9 nitrogen and oxygen atoms in total. The van der Waals surface area contributed by atoms with Gasteiger partial charge in [-0.05, 0) is 37.3 Å². The van der Waals surface area contributed by atoms with Gasteiger partial charge in [-0.2, -0.15) is 0 Å². The van der Waals surface area contributed by atoms with Gasteiger partial charge in [0, 0.05) is 26.8 Å². The Bertz CT molecular complexity index is 1350. The maximum absolute atomic E-state index is 12.5. The molecule has 0 atom stereocenters. The third kappa shape index (κ3) is 2.81. The quantitative estimate of drug-likeness (QED) is 0.501. The zero-order chi connectivity index (χ0) is 20.1. The number of aromatic nitrogens is 5. The lowest BCUT2D eigenvalue weighted by Crippen LogP contribution is -2.23. The summed E-state index contributed by atoms with van der Waals surface area (Å²) in [5, 5.41) is 4.34. The number of nitrogens with zero attached hydrogens (tertiary/aromatic N) is 6. The smallest absolute Gasteiger partial charge is 0.327 e. The van der Waals surface area contributed by atoms with E-state index in [1.807, 2.05) is 17.6 Å². The molecule has 0 radical (unpaired) electrons. The van der Waals surface area contributed by atoms with E-state index in [4.69, 9.17) is 0 Å². The van der Waals surface area contributed by atoms with Crippen LogP contribution in [-0.4, -0.2) is 50.6 Å². The third-order valence-corrected chi connectivity index (χ3v) is 6.48. The van der Waals surface area contributed by atoms with E-state index in [0.29, 0.717) is 23.5 Å². The van der Waals surface area contributed by atoms with Crippen LogP contribution < -0.4 is 5.69 Å². The Labute approximate surface area is 161 Å². The van der Waals surface area contributed by atoms with Gasteiger partial charge in [-0.25, -0.2) is 27.2 Å². The summed E-state index contributed by atoms with van der Waals surface area (Å²) in [5.41, 5.74) is 1.69. The maximum Gasteiger partial charge on any atom is 0.350 e. The van der Waals surface area contributed by atoms with Crippen molar-refractivity contribution in [3.63, 3.8) is 0 Å². The van der Waals surface area contributed by atoms with Crippen LogP contribution in [0.2, 0.25) is 0 Å². The van der Waals surface area contributed by atoms with E-state index in [1.54, 1.807) is 36.5 Å². The van der Waals surface area contributed by atoms with Gasteiger partial charge < -0.3 is 4.57 Å². The number of imidazole rings is 1. The van der Waals surface area contributed by atoms with Gasteiger partial charge in [0.15, 0.2) is 5.65 Å². The van der Waals surface area contributed by atoms with Gasteiger partial charge >= 0.3 is 5.69 Å². The lowest BCUT2D eigenvalue weighted by atomic mass is 10.3. The first-order valence-electron chi connectivity index (χ1n) is 8.79. The van der Waals surface area contributed by atoms with Crippen molar-refractivity contribution < 1.29 is 8.42 Å². The molecule has 0 N–H and O–H groups in total. The summed E-state index contributed by atoms with van der Waals surface area (Å²) < 4.78 is 30.8. The first-order chi connectivity index (χ1) is 13.3. The molecular formula is C18H20N6O3S. The Morgan fingerprint density at radius 1 is 1.14 bits per heavy atom. The molecule has 0 aliphatic carbocycles. The van der Waals surface area contributed by atoms with E-state index in [0.717, 1.165) is 5.52 Å². The van der Waals surface area contributed by atoms with Crippen LogP contribution in [0, 0.1) is 0 Å². The summed E-state index contributed by atoms with van der Waals surface area (Å²) in [4.78, 5) is 17.3. The molecule has 28 heavy (non-hydrogen) atoms. The van der Waals surface area contributed by atoms with E-state index < -0.39 is 10.0 Å². The topological polar surface area (TPSA) is 94.5 Å². The number of sulfonamides is 1. The molecule has 10 heteroatoms. The summed E-state index contributed by atoms with van der Waals surface area (Å²) >= 11 is 0. The van der Waals surface area contributed by atoms with Gasteiger partial charge in [0.2, 0.25) is 10.0 Å². The van der Waals surface area contributed by atoms with Crippen LogP contribution in [0.4, 0.5) is 0 Å². The standard InChI is InChI=1S/C18H20N6O3S/c1-4-22-15-9-8-13(28(26,27)21(2)3)11-14(15)19-17(22)12-24-18(25)23-10-6-5-7-16(23)20-24/h5-11H,4,12H2,1-3H3. The summed E-state index contributed by atoms with van der Waals surface area (Å²) in [6.07, 6.45) is 1.67. The first-order valence-corrected chi connectivity index (χ1v) is 10.2. The largest absolute Gasteiger partial charge is 0.350 e. The highest BCUT2D eigenvalue weighted by Crippen LogP contribution is 2.22. The third-order valence-electron chi connectivity index (χ3n) is 4.67. The highest BCUT2D eigenvalue weighted by atomic mass is 32.2. The van der Waals surface area contributed by atoms with Gasteiger partial charge in [-0.1, -0.05) is 6.07 Å². The number of fused-ring (bicyclic) bond motifs is 2. The zero-order valence-corrected chi connectivity index (χ0v) is 16.6. The molecule has 4 aromatic rings. The molecule has 4 rings (SSSR count). The Balaban J connectivity index is 1.82. The minimum Gasteiger partial charge on any atom is -0.327 e. The molecule has 0 fully saturated rings. The number of hydrogen-bond donors (Lipinski definition) is 0. The molecule has 0 aliphatic rings. The van der Waals surface area contributed by atoms with Crippen LogP contribution in [0.1, 0.15) is 12.7 Å². The molecule has 1 aromatic carbocycles. The molecule has 0 saturated heterocycles. The number of aryl methyl sites for hydroxylation is 1. The predicted octanol–water partition coefficient (Wildman–Crippen LogP) is 1.16. The van der Waals surface area contributed by atoms with Crippen LogP contribution in [0.5, 0.6) is 0 Å². The molecule has 0 spiro atoms. The van der Waals surface area contributed by atoms with Gasteiger partial charge in [-0.3, -0.25) is 4.40 Å². The molecule has 0 bridgehead atoms. The van der Waals surface area contributed by atoms with E-state index >= 15 is 0 Å². The second-order valence-electron chi connectivity index (χ2n) is 6.58. The van der Waals surface area contributed by atoms with Crippen LogP contribution in [0.15, 0.2) is 52.3 Å². The number of rotatable bonds is 5. The normalized spacial score (nSPS) is 12.4. The second-order valence-corrected chi connectivity index (χ2v) is 8.73. The molecule has 3 aromatic heterocycles.